The van der Waals surface area contributed by atoms with Crippen LogP contribution in [-0.4, -0.2) is 9.97 Å². The molecule has 1 heterocycles. The van der Waals surface area contributed by atoms with E-state index in [4.69, 9.17) is 4.98 Å². The molecule has 0 aliphatic heterocycles. The van der Waals surface area contributed by atoms with Gasteiger partial charge in [-0.15, -0.1) is 0 Å². The van der Waals surface area contributed by atoms with Crippen molar-refractivity contribution in [1.82, 2.24) is 9.97 Å². The van der Waals surface area contributed by atoms with Gasteiger partial charge in [0.05, 0.1) is 11.0 Å². The van der Waals surface area contributed by atoms with Crippen molar-refractivity contribution in [2.24, 2.45) is 5.92 Å². The van der Waals surface area contributed by atoms with Gasteiger partial charge in [-0.3, -0.25) is 0 Å². The molecule has 0 atom stereocenters. The molecule has 2 nitrogen and oxygen atoms in total. The first-order chi connectivity index (χ1) is 8.72. The lowest BCUT2D eigenvalue weighted by Gasteiger charge is -2.20. The van der Waals surface area contributed by atoms with E-state index < -0.39 is 0 Å². The number of nitrogens with one attached hydrogen (secondary N) is 1. The lowest BCUT2D eigenvalue weighted by Crippen LogP contribution is -2.10. The number of nitrogens with zero attached hydrogens (tertiary/aromatic N) is 1. The SMILES string of the molecule is Cc1cc(Br)cc2[nH]c(CC3CCCCC3)nc12. The van der Waals surface area contributed by atoms with E-state index >= 15 is 0 Å². The van der Waals surface area contributed by atoms with Crippen LogP contribution in [0.1, 0.15) is 43.5 Å². The van der Waals surface area contributed by atoms with E-state index in [9.17, 15) is 0 Å². The molecule has 18 heavy (non-hydrogen) atoms. The Morgan fingerprint density at radius 1 is 1.28 bits per heavy atom. The minimum absolute atomic E-state index is 0.836. The largest absolute Gasteiger partial charge is 0.342 e. The average molecular weight is 307 g/mol. The van der Waals surface area contributed by atoms with Crippen LogP contribution in [0.25, 0.3) is 11.0 Å². The van der Waals surface area contributed by atoms with Crippen LogP contribution in [0.2, 0.25) is 0 Å². The lowest BCUT2D eigenvalue weighted by molar-refractivity contribution is 0.352. The first-order valence-electron chi connectivity index (χ1n) is 6.87. The summed E-state index contributed by atoms with van der Waals surface area (Å²) in [6.07, 6.45) is 8.08. The average Bonchev–Trinajstić information content (AvgIpc) is 2.73. The summed E-state index contributed by atoms with van der Waals surface area (Å²) in [4.78, 5) is 8.25. The maximum atomic E-state index is 4.77. The molecular weight excluding hydrogens is 288 g/mol. The van der Waals surface area contributed by atoms with Gasteiger partial charge in [-0.1, -0.05) is 48.0 Å². The summed E-state index contributed by atoms with van der Waals surface area (Å²) >= 11 is 3.54. The monoisotopic (exact) mass is 306 g/mol. The standard InChI is InChI=1S/C15H19BrN2/c1-10-7-12(16)9-13-15(10)18-14(17-13)8-11-5-3-2-4-6-11/h7,9,11H,2-6,8H2,1H3,(H,17,18). The summed E-state index contributed by atoms with van der Waals surface area (Å²) in [7, 11) is 0. The van der Waals surface area contributed by atoms with Crippen LogP contribution in [0.15, 0.2) is 16.6 Å². The van der Waals surface area contributed by atoms with Crippen LogP contribution >= 0.6 is 15.9 Å². The van der Waals surface area contributed by atoms with Gasteiger partial charge in [-0.2, -0.15) is 0 Å². The third-order valence-corrected chi connectivity index (χ3v) is 4.46. The number of aryl methyl sites for hydroxylation is 1. The van der Waals surface area contributed by atoms with E-state index in [1.165, 1.54) is 37.7 Å². The van der Waals surface area contributed by atoms with Gasteiger partial charge in [0.1, 0.15) is 5.82 Å². The van der Waals surface area contributed by atoms with E-state index in [0.717, 1.165) is 33.7 Å². The van der Waals surface area contributed by atoms with Gasteiger partial charge in [0.25, 0.3) is 0 Å². The Morgan fingerprint density at radius 2 is 2.06 bits per heavy atom. The Bertz CT molecular complexity index is 553. The van der Waals surface area contributed by atoms with Gasteiger partial charge in [0.2, 0.25) is 0 Å². The zero-order valence-electron chi connectivity index (χ0n) is 10.8. The second kappa shape index (κ2) is 5.04. The molecule has 1 N–H and O–H groups in total. The second-order valence-electron chi connectivity index (χ2n) is 5.51. The quantitative estimate of drug-likeness (QED) is 0.851. The first-order valence-corrected chi connectivity index (χ1v) is 7.66. The molecule has 1 saturated carbocycles. The molecule has 1 aliphatic carbocycles. The molecule has 1 aromatic carbocycles. The molecule has 0 unspecified atom stereocenters. The minimum atomic E-state index is 0.836. The van der Waals surface area contributed by atoms with Crippen molar-refractivity contribution in [3.63, 3.8) is 0 Å². The van der Waals surface area contributed by atoms with E-state index in [0.29, 0.717) is 0 Å². The van der Waals surface area contributed by atoms with Crippen molar-refractivity contribution in [2.75, 3.05) is 0 Å². The molecule has 96 valence electrons. The number of benzene rings is 1. The summed E-state index contributed by atoms with van der Waals surface area (Å²) in [6, 6.07) is 4.26. The Balaban J connectivity index is 1.86. The highest BCUT2D eigenvalue weighted by molar-refractivity contribution is 9.10. The molecule has 0 radical (unpaired) electrons. The normalized spacial score (nSPS) is 17.4. The van der Waals surface area contributed by atoms with Crippen molar-refractivity contribution >= 4 is 27.0 Å². The van der Waals surface area contributed by atoms with Crippen molar-refractivity contribution in [3.8, 4) is 0 Å². The van der Waals surface area contributed by atoms with Gasteiger partial charge in [-0.25, -0.2) is 4.98 Å². The summed E-state index contributed by atoms with van der Waals surface area (Å²) in [5.41, 5.74) is 3.53. The lowest BCUT2D eigenvalue weighted by atomic mass is 9.87. The Hall–Kier alpha value is -0.830. The molecule has 3 heteroatoms. The highest BCUT2D eigenvalue weighted by atomic mass is 79.9. The van der Waals surface area contributed by atoms with Crippen LogP contribution in [0.4, 0.5) is 0 Å². The fraction of sp³-hybridized carbons (Fsp3) is 0.533. The molecule has 0 amide bonds. The number of hydrogen-bond donors (Lipinski definition) is 1. The molecule has 3 rings (SSSR count). The van der Waals surface area contributed by atoms with Gasteiger partial charge in [-0.05, 0) is 30.5 Å². The van der Waals surface area contributed by atoms with Crippen molar-refractivity contribution < 1.29 is 0 Å². The summed E-state index contributed by atoms with van der Waals surface area (Å²) in [5.74, 6) is 2.00. The Kier molecular flexibility index (Phi) is 3.42. The molecule has 1 aromatic heterocycles. The van der Waals surface area contributed by atoms with Crippen LogP contribution < -0.4 is 0 Å². The fourth-order valence-corrected chi connectivity index (χ4v) is 3.63. The van der Waals surface area contributed by atoms with E-state index in [-0.39, 0.29) is 0 Å². The van der Waals surface area contributed by atoms with Gasteiger partial charge in [0, 0.05) is 10.9 Å². The van der Waals surface area contributed by atoms with Crippen molar-refractivity contribution in [1.29, 1.82) is 0 Å². The van der Waals surface area contributed by atoms with Crippen molar-refractivity contribution in [3.05, 3.63) is 28.0 Å². The second-order valence-corrected chi connectivity index (χ2v) is 6.43. The topological polar surface area (TPSA) is 28.7 Å². The molecule has 2 aromatic rings. The molecule has 1 fully saturated rings. The number of fused-ring (bicyclic) bond motifs is 1. The summed E-state index contributed by atoms with van der Waals surface area (Å²) in [6.45, 7) is 2.12. The number of imidazole rings is 1. The fourth-order valence-electron chi connectivity index (χ4n) is 3.06. The van der Waals surface area contributed by atoms with Gasteiger partial charge in [0.15, 0.2) is 0 Å². The summed E-state index contributed by atoms with van der Waals surface area (Å²) < 4.78 is 1.13. The molecule has 0 bridgehead atoms. The Labute approximate surface area is 116 Å². The predicted molar refractivity (Wildman–Crippen MR) is 78.8 cm³/mol. The van der Waals surface area contributed by atoms with Gasteiger partial charge < -0.3 is 4.98 Å². The molecule has 0 saturated heterocycles. The maximum absolute atomic E-state index is 4.77. The van der Waals surface area contributed by atoms with Crippen LogP contribution in [-0.2, 0) is 6.42 Å². The highest BCUT2D eigenvalue weighted by Crippen LogP contribution is 2.28. The van der Waals surface area contributed by atoms with E-state index in [1.54, 1.807) is 0 Å². The Morgan fingerprint density at radius 3 is 2.83 bits per heavy atom. The third kappa shape index (κ3) is 2.46. The number of aromatic amines is 1. The maximum Gasteiger partial charge on any atom is 0.107 e. The number of rotatable bonds is 2. The number of aromatic nitrogens is 2. The zero-order valence-corrected chi connectivity index (χ0v) is 12.4. The molecule has 0 spiro atoms. The highest BCUT2D eigenvalue weighted by Gasteiger charge is 2.16. The minimum Gasteiger partial charge on any atom is -0.342 e. The third-order valence-electron chi connectivity index (χ3n) is 4.00. The van der Waals surface area contributed by atoms with Crippen LogP contribution in [0, 0.1) is 12.8 Å². The number of H-pyrrole nitrogens is 1. The molecule has 1 aliphatic rings. The van der Waals surface area contributed by atoms with Crippen LogP contribution in [0.5, 0.6) is 0 Å². The number of halogens is 1. The predicted octanol–water partition coefficient (Wildman–Crippen LogP) is 4.76. The smallest absolute Gasteiger partial charge is 0.107 e. The number of hydrogen-bond acceptors (Lipinski definition) is 1. The first kappa shape index (κ1) is 12.2. The zero-order chi connectivity index (χ0) is 12.5. The van der Waals surface area contributed by atoms with E-state index in [2.05, 4.69) is 40.0 Å². The van der Waals surface area contributed by atoms with E-state index in [1.807, 2.05) is 0 Å². The van der Waals surface area contributed by atoms with Crippen LogP contribution in [0.3, 0.4) is 0 Å². The molecular formula is C15H19BrN2. The summed E-state index contributed by atoms with van der Waals surface area (Å²) in [5, 5.41) is 0. The van der Waals surface area contributed by atoms with Gasteiger partial charge >= 0.3 is 0 Å². The van der Waals surface area contributed by atoms with Crippen molar-refractivity contribution in [2.45, 2.75) is 45.4 Å².